The fourth-order valence-electron chi connectivity index (χ4n) is 3.04. The van der Waals surface area contributed by atoms with E-state index in [1.165, 1.54) is 20.8 Å². The Labute approximate surface area is 184 Å². The Bertz CT molecular complexity index is 813. The van der Waals surface area contributed by atoms with E-state index in [2.05, 4.69) is 5.32 Å². The Balaban J connectivity index is 2.43. The number of esters is 3. The number of nitrogens with one attached hydrogen (secondary N) is 1. The van der Waals surface area contributed by atoms with Crippen LogP contribution in [0.25, 0.3) is 0 Å². The van der Waals surface area contributed by atoms with Gasteiger partial charge in [0.1, 0.15) is 24.5 Å². The minimum Gasteiger partial charge on any atom is -0.463 e. The van der Waals surface area contributed by atoms with Crippen LogP contribution >= 0.6 is 11.6 Å². The van der Waals surface area contributed by atoms with Crippen molar-refractivity contribution in [1.29, 1.82) is 0 Å². The van der Waals surface area contributed by atoms with E-state index in [1.807, 2.05) is 0 Å². The second-order valence-electron chi connectivity index (χ2n) is 6.79. The van der Waals surface area contributed by atoms with Crippen molar-refractivity contribution < 1.29 is 42.9 Å². The van der Waals surface area contributed by atoms with Gasteiger partial charge in [-0.15, -0.1) is 0 Å². The molecule has 0 bridgehead atoms. The van der Waals surface area contributed by atoms with Crippen molar-refractivity contribution in [3.05, 3.63) is 29.3 Å². The van der Waals surface area contributed by atoms with Crippen LogP contribution in [0.15, 0.2) is 24.3 Å². The van der Waals surface area contributed by atoms with Gasteiger partial charge in [-0.1, -0.05) is 11.6 Å². The van der Waals surface area contributed by atoms with Crippen LogP contribution in [0.1, 0.15) is 27.7 Å². The second-order valence-corrected chi connectivity index (χ2v) is 7.23. The average Bonchev–Trinajstić information content (AvgIpc) is 2.65. The molecule has 1 heterocycles. The highest BCUT2D eigenvalue weighted by Crippen LogP contribution is 2.29. The molecule has 10 nitrogen and oxygen atoms in total. The minimum absolute atomic E-state index is 0.307. The predicted molar refractivity (Wildman–Crippen MR) is 106 cm³/mol. The summed E-state index contributed by atoms with van der Waals surface area (Å²) in [6.07, 6.45) is -4.58. The molecule has 1 saturated heterocycles. The Morgan fingerprint density at radius 3 is 2.03 bits per heavy atom. The second kappa shape index (κ2) is 11.0. The number of rotatable bonds is 7. The standard InChI is InChI=1S/C20H24ClNO9/c1-10(23)22-17-19(29-13(4)26)18(28-12(3)25)16(9-27-11(2)24)31-20(17)30-15-7-5-14(21)6-8-15/h5-8,16-20H,9H2,1-4H3,(H,22,23)/t16-,17+,18-,19+,20-/m1/s1. The van der Waals surface area contributed by atoms with E-state index in [9.17, 15) is 19.2 Å². The van der Waals surface area contributed by atoms with Gasteiger partial charge in [0.25, 0.3) is 0 Å². The molecule has 31 heavy (non-hydrogen) atoms. The first kappa shape index (κ1) is 24.4. The van der Waals surface area contributed by atoms with Crippen LogP contribution in [-0.2, 0) is 38.1 Å². The maximum absolute atomic E-state index is 11.9. The van der Waals surface area contributed by atoms with Crippen molar-refractivity contribution in [3.8, 4) is 5.75 Å². The first-order valence-corrected chi connectivity index (χ1v) is 9.77. The molecule has 1 N–H and O–H groups in total. The van der Waals surface area contributed by atoms with Gasteiger partial charge < -0.3 is 29.0 Å². The zero-order valence-corrected chi connectivity index (χ0v) is 18.2. The molecule has 0 unspecified atom stereocenters. The summed E-state index contributed by atoms with van der Waals surface area (Å²) < 4.78 is 27.5. The smallest absolute Gasteiger partial charge is 0.303 e. The van der Waals surface area contributed by atoms with E-state index >= 15 is 0 Å². The topological polar surface area (TPSA) is 126 Å². The number of hydrogen-bond acceptors (Lipinski definition) is 9. The first-order chi connectivity index (χ1) is 14.6. The van der Waals surface area contributed by atoms with Crippen molar-refractivity contribution in [2.45, 2.75) is 58.3 Å². The molecular weight excluding hydrogens is 434 g/mol. The Hall–Kier alpha value is -2.85. The summed E-state index contributed by atoms with van der Waals surface area (Å²) in [5.41, 5.74) is 0. The van der Waals surface area contributed by atoms with Crippen LogP contribution in [0, 0.1) is 0 Å². The lowest BCUT2D eigenvalue weighted by Gasteiger charge is -2.44. The van der Waals surface area contributed by atoms with Crippen molar-refractivity contribution in [3.63, 3.8) is 0 Å². The molecule has 11 heteroatoms. The fraction of sp³-hybridized carbons (Fsp3) is 0.500. The lowest BCUT2D eigenvalue weighted by atomic mass is 9.96. The Morgan fingerprint density at radius 1 is 0.935 bits per heavy atom. The number of halogens is 1. The predicted octanol–water partition coefficient (Wildman–Crippen LogP) is 1.37. The van der Waals surface area contributed by atoms with E-state index in [1.54, 1.807) is 24.3 Å². The van der Waals surface area contributed by atoms with Gasteiger partial charge in [-0.05, 0) is 24.3 Å². The monoisotopic (exact) mass is 457 g/mol. The lowest BCUT2D eigenvalue weighted by molar-refractivity contribution is -0.257. The van der Waals surface area contributed by atoms with Gasteiger partial charge in [-0.3, -0.25) is 19.2 Å². The van der Waals surface area contributed by atoms with Crippen LogP contribution in [-0.4, -0.2) is 61.1 Å². The summed E-state index contributed by atoms with van der Waals surface area (Å²) in [4.78, 5) is 46.7. The SMILES string of the molecule is CC(=O)N[C@@H]1[C@H](Oc2ccc(Cl)cc2)O[C@H](COC(C)=O)[C@@H](OC(C)=O)[C@H]1OC(C)=O. The van der Waals surface area contributed by atoms with Gasteiger partial charge in [0.05, 0.1) is 0 Å². The van der Waals surface area contributed by atoms with E-state index in [0.29, 0.717) is 10.8 Å². The zero-order chi connectivity index (χ0) is 23.1. The molecule has 0 saturated carbocycles. The Morgan fingerprint density at radius 2 is 1.52 bits per heavy atom. The molecule has 1 fully saturated rings. The quantitative estimate of drug-likeness (QED) is 0.477. The van der Waals surface area contributed by atoms with E-state index in [4.69, 9.17) is 35.3 Å². The highest BCUT2D eigenvalue weighted by molar-refractivity contribution is 6.30. The molecule has 0 spiro atoms. The lowest BCUT2D eigenvalue weighted by Crippen LogP contribution is -2.67. The van der Waals surface area contributed by atoms with E-state index in [0.717, 1.165) is 6.92 Å². The summed E-state index contributed by atoms with van der Waals surface area (Å²) in [6.45, 7) is 4.49. The van der Waals surface area contributed by atoms with Gasteiger partial charge in [-0.25, -0.2) is 0 Å². The summed E-state index contributed by atoms with van der Waals surface area (Å²) in [5, 5.41) is 3.10. The Kier molecular flexibility index (Phi) is 8.64. The van der Waals surface area contributed by atoms with E-state index < -0.39 is 54.5 Å². The summed E-state index contributed by atoms with van der Waals surface area (Å²) in [7, 11) is 0. The van der Waals surface area contributed by atoms with Crippen molar-refractivity contribution >= 4 is 35.4 Å². The third kappa shape index (κ3) is 7.41. The molecule has 1 aromatic carbocycles. The first-order valence-electron chi connectivity index (χ1n) is 9.39. The van der Waals surface area contributed by atoms with Crippen LogP contribution in [0.5, 0.6) is 5.75 Å². The number of carbonyl (C=O) groups is 4. The van der Waals surface area contributed by atoms with Crippen molar-refractivity contribution in [1.82, 2.24) is 5.32 Å². The zero-order valence-electron chi connectivity index (χ0n) is 17.5. The number of carbonyl (C=O) groups excluding carboxylic acids is 4. The molecule has 5 atom stereocenters. The van der Waals surface area contributed by atoms with Crippen LogP contribution in [0.4, 0.5) is 0 Å². The number of ether oxygens (including phenoxy) is 5. The highest BCUT2D eigenvalue weighted by atomic mass is 35.5. The molecule has 0 aromatic heterocycles. The summed E-state index contributed by atoms with van der Waals surface area (Å²) in [5.74, 6) is -2.07. The van der Waals surface area contributed by atoms with Crippen LogP contribution < -0.4 is 10.1 Å². The van der Waals surface area contributed by atoms with Gasteiger partial charge in [-0.2, -0.15) is 0 Å². The normalized spacial score (nSPS) is 25.1. The largest absolute Gasteiger partial charge is 0.463 e. The molecular formula is C20H24ClNO9. The third-order valence-corrected chi connectivity index (χ3v) is 4.39. The average molecular weight is 458 g/mol. The fourth-order valence-corrected chi connectivity index (χ4v) is 3.16. The maximum Gasteiger partial charge on any atom is 0.303 e. The van der Waals surface area contributed by atoms with Crippen molar-refractivity contribution in [2.75, 3.05) is 6.61 Å². The van der Waals surface area contributed by atoms with Crippen LogP contribution in [0.2, 0.25) is 5.02 Å². The minimum atomic E-state index is -1.18. The summed E-state index contributed by atoms with van der Waals surface area (Å²) in [6, 6.07) is 5.30. The van der Waals surface area contributed by atoms with Gasteiger partial charge in [0.2, 0.25) is 12.2 Å². The number of hydrogen-bond donors (Lipinski definition) is 1. The molecule has 1 aliphatic rings. The highest BCUT2D eigenvalue weighted by Gasteiger charge is 2.51. The molecule has 0 radical (unpaired) electrons. The van der Waals surface area contributed by atoms with Gasteiger partial charge in [0, 0.05) is 32.7 Å². The molecule has 1 amide bonds. The maximum atomic E-state index is 11.9. The summed E-state index contributed by atoms with van der Waals surface area (Å²) >= 11 is 5.90. The molecule has 2 rings (SSSR count). The molecule has 1 aromatic rings. The number of benzene rings is 1. The molecule has 1 aliphatic heterocycles. The van der Waals surface area contributed by atoms with E-state index in [-0.39, 0.29) is 6.61 Å². The van der Waals surface area contributed by atoms with Crippen molar-refractivity contribution in [2.24, 2.45) is 0 Å². The van der Waals surface area contributed by atoms with Crippen LogP contribution in [0.3, 0.4) is 0 Å². The molecule has 170 valence electrons. The van der Waals surface area contributed by atoms with Gasteiger partial charge in [0.15, 0.2) is 12.2 Å². The molecule has 0 aliphatic carbocycles. The van der Waals surface area contributed by atoms with Gasteiger partial charge >= 0.3 is 17.9 Å². The third-order valence-electron chi connectivity index (χ3n) is 4.14. The number of amides is 1.